The summed E-state index contributed by atoms with van der Waals surface area (Å²) < 4.78 is 26.9. The summed E-state index contributed by atoms with van der Waals surface area (Å²) in [6.45, 7) is 1.13. The van der Waals surface area contributed by atoms with Crippen LogP contribution in [0.15, 0.2) is 40.9 Å². The predicted octanol–water partition coefficient (Wildman–Crippen LogP) is 2.82. The maximum atomic E-state index is 11.8. The van der Waals surface area contributed by atoms with Crippen molar-refractivity contribution in [2.75, 3.05) is 4.72 Å². The van der Waals surface area contributed by atoms with Gasteiger partial charge in [0, 0.05) is 10.2 Å². The molecule has 0 aliphatic heterocycles. The van der Waals surface area contributed by atoms with E-state index in [1.54, 1.807) is 18.2 Å². The largest absolute Gasteiger partial charge is 0.480 e. The van der Waals surface area contributed by atoms with Crippen LogP contribution in [0, 0.1) is 0 Å². The highest BCUT2D eigenvalue weighted by Gasteiger charge is 2.27. The van der Waals surface area contributed by atoms with Gasteiger partial charge in [0.25, 0.3) is 0 Å². The maximum absolute atomic E-state index is 11.8. The first kappa shape index (κ1) is 14.8. The predicted molar refractivity (Wildman–Crippen MR) is 81.3 cm³/mol. The summed E-state index contributed by atoms with van der Waals surface area (Å²) in [6.07, 6.45) is 0. The van der Waals surface area contributed by atoms with Crippen molar-refractivity contribution in [2.24, 2.45) is 0 Å². The molecule has 1 unspecified atom stereocenters. The second-order valence-corrected chi connectivity index (χ2v) is 7.25. The standard InChI is InChI=1S/C13H12BrNO4S/c1-8(13(16)17)20(18,19)15-12-5-3-9-6-11(14)4-2-10(9)7-12/h2-8,15H,1H3,(H,16,17). The lowest BCUT2D eigenvalue weighted by Crippen LogP contribution is -2.32. The molecular formula is C13H12BrNO4S. The Labute approximate surface area is 124 Å². The van der Waals surface area contributed by atoms with Crippen molar-refractivity contribution in [1.82, 2.24) is 0 Å². The molecule has 5 nitrogen and oxygen atoms in total. The lowest BCUT2D eigenvalue weighted by atomic mass is 10.1. The molecule has 0 radical (unpaired) electrons. The van der Waals surface area contributed by atoms with Crippen molar-refractivity contribution in [3.8, 4) is 0 Å². The molecule has 2 aromatic rings. The Morgan fingerprint density at radius 3 is 2.45 bits per heavy atom. The van der Waals surface area contributed by atoms with Gasteiger partial charge in [0.2, 0.25) is 10.0 Å². The summed E-state index contributed by atoms with van der Waals surface area (Å²) in [7, 11) is -3.95. The average Bonchev–Trinajstić information content (AvgIpc) is 2.37. The van der Waals surface area contributed by atoms with Crippen molar-refractivity contribution >= 4 is 48.4 Å². The summed E-state index contributed by atoms with van der Waals surface area (Å²) in [5.74, 6) is -1.39. The molecule has 0 heterocycles. The number of hydrogen-bond acceptors (Lipinski definition) is 3. The summed E-state index contributed by atoms with van der Waals surface area (Å²) >= 11 is 3.36. The van der Waals surface area contributed by atoms with E-state index >= 15 is 0 Å². The lowest BCUT2D eigenvalue weighted by molar-refractivity contribution is -0.136. The van der Waals surface area contributed by atoms with Crippen LogP contribution in [0.1, 0.15) is 6.92 Å². The highest BCUT2D eigenvalue weighted by molar-refractivity contribution is 9.10. The number of rotatable bonds is 4. The van der Waals surface area contributed by atoms with Crippen molar-refractivity contribution in [3.63, 3.8) is 0 Å². The van der Waals surface area contributed by atoms with Gasteiger partial charge in [-0.1, -0.05) is 28.1 Å². The van der Waals surface area contributed by atoms with Gasteiger partial charge >= 0.3 is 5.97 Å². The Bertz CT molecular complexity index is 773. The molecule has 2 N–H and O–H groups in total. The minimum absolute atomic E-state index is 0.341. The molecule has 2 rings (SSSR count). The second-order valence-electron chi connectivity index (χ2n) is 4.33. The minimum Gasteiger partial charge on any atom is -0.480 e. The first-order chi connectivity index (χ1) is 9.29. The highest BCUT2D eigenvalue weighted by Crippen LogP contribution is 2.23. The van der Waals surface area contributed by atoms with E-state index in [1.165, 1.54) is 0 Å². The summed E-state index contributed by atoms with van der Waals surface area (Å²) in [4.78, 5) is 10.8. The van der Waals surface area contributed by atoms with Gasteiger partial charge in [0.05, 0.1) is 0 Å². The van der Waals surface area contributed by atoms with Gasteiger partial charge in [0.1, 0.15) is 0 Å². The number of fused-ring (bicyclic) bond motifs is 1. The molecule has 106 valence electrons. The summed E-state index contributed by atoms with van der Waals surface area (Å²) in [6, 6.07) is 10.6. The van der Waals surface area contributed by atoms with E-state index in [1.807, 2.05) is 18.2 Å². The maximum Gasteiger partial charge on any atom is 0.323 e. The molecule has 0 bridgehead atoms. The van der Waals surface area contributed by atoms with Gasteiger partial charge in [-0.25, -0.2) is 8.42 Å². The summed E-state index contributed by atoms with van der Waals surface area (Å²) in [5, 5.41) is 9.07. The van der Waals surface area contributed by atoms with E-state index < -0.39 is 21.2 Å². The first-order valence-electron chi connectivity index (χ1n) is 5.73. The van der Waals surface area contributed by atoms with Crippen LogP contribution in [0.2, 0.25) is 0 Å². The highest BCUT2D eigenvalue weighted by atomic mass is 79.9. The van der Waals surface area contributed by atoms with E-state index in [4.69, 9.17) is 5.11 Å². The Kier molecular flexibility index (Phi) is 4.01. The molecule has 0 saturated heterocycles. The number of sulfonamides is 1. The van der Waals surface area contributed by atoms with Crippen LogP contribution in [0.3, 0.4) is 0 Å². The fraction of sp³-hybridized carbons (Fsp3) is 0.154. The third-order valence-corrected chi connectivity index (χ3v) is 5.02. The third kappa shape index (κ3) is 3.10. The molecule has 0 spiro atoms. The molecule has 0 aliphatic rings. The van der Waals surface area contributed by atoms with Crippen molar-refractivity contribution in [1.29, 1.82) is 0 Å². The Balaban J connectivity index is 2.35. The van der Waals surface area contributed by atoms with Gasteiger partial charge in [-0.05, 0) is 42.0 Å². The molecule has 0 aliphatic carbocycles. The van der Waals surface area contributed by atoms with Crippen LogP contribution in [0.4, 0.5) is 5.69 Å². The topological polar surface area (TPSA) is 83.5 Å². The zero-order chi connectivity index (χ0) is 14.9. The van der Waals surface area contributed by atoms with Crippen LogP contribution in [-0.4, -0.2) is 24.7 Å². The Hall–Kier alpha value is -1.60. The number of carboxylic acids is 1. The molecule has 20 heavy (non-hydrogen) atoms. The second kappa shape index (κ2) is 5.41. The Morgan fingerprint density at radius 1 is 1.20 bits per heavy atom. The zero-order valence-corrected chi connectivity index (χ0v) is 12.9. The van der Waals surface area contributed by atoms with Crippen molar-refractivity contribution in [3.05, 3.63) is 40.9 Å². The third-order valence-electron chi connectivity index (χ3n) is 2.88. The minimum atomic E-state index is -3.95. The van der Waals surface area contributed by atoms with Gasteiger partial charge in [-0.3, -0.25) is 9.52 Å². The van der Waals surface area contributed by atoms with E-state index in [2.05, 4.69) is 20.7 Å². The van der Waals surface area contributed by atoms with Crippen LogP contribution in [0.25, 0.3) is 10.8 Å². The molecule has 7 heteroatoms. The summed E-state index contributed by atoms with van der Waals surface area (Å²) in [5.41, 5.74) is 0.341. The number of nitrogens with one attached hydrogen (secondary N) is 1. The Morgan fingerprint density at radius 2 is 1.80 bits per heavy atom. The van der Waals surface area contributed by atoms with Gasteiger partial charge < -0.3 is 5.11 Å². The van der Waals surface area contributed by atoms with Crippen LogP contribution in [0.5, 0.6) is 0 Å². The SMILES string of the molecule is CC(C(=O)O)S(=O)(=O)Nc1ccc2cc(Br)ccc2c1. The number of aliphatic carboxylic acids is 1. The van der Waals surface area contributed by atoms with Crippen LogP contribution >= 0.6 is 15.9 Å². The number of anilines is 1. The smallest absolute Gasteiger partial charge is 0.323 e. The van der Waals surface area contributed by atoms with Gasteiger partial charge in [0.15, 0.2) is 5.25 Å². The monoisotopic (exact) mass is 357 g/mol. The molecule has 0 fully saturated rings. The molecule has 0 amide bonds. The van der Waals surface area contributed by atoms with Crippen LogP contribution < -0.4 is 4.72 Å². The van der Waals surface area contributed by atoms with E-state index in [0.29, 0.717) is 5.69 Å². The number of hydrogen-bond donors (Lipinski definition) is 2. The molecule has 1 atom stereocenters. The number of carbonyl (C=O) groups is 1. The fourth-order valence-corrected chi connectivity index (χ4v) is 2.94. The number of halogens is 1. The van der Waals surface area contributed by atoms with Crippen LogP contribution in [-0.2, 0) is 14.8 Å². The van der Waals surface area contributed by atoms with E-state index in [0.717, 1.165) is 22.2 Å². The van der Waals surface area contributed by atoms with Crippen molar-refractivity contribution < 1.29 is 18.3 Å². The first-order valence-corrected chi connectivity index (χ1v) is 8.07. The normalized spacial score (nSPS) is 13.1. The van der Waals surface area contributed by atoms with Gasteiger partial charge in [-0.15, -0.1) is 0 Å². The quantitative estimate of drug-likeness (QED) is 0.880. The lowest BCUT2D eigenvalue weighted by Gasteiger charge is -2.11. The fourth-order valence-electron chi connectivity index (χ4n) is 1.67. The van der Waals surface area contributed by atoms with E-state index in [-0.39, 0.29) is 0 Å². The molecule has 0 aromatic heterocycles. The van der Waals surface area contributed by atoms with E-state index in [9.17, 15) is 13.2 Å². The number of carboxylic acid groups (broad SMARTS) is 1. The zero-order valence-electron chi connectivity index (χ0n) is 10.5. The van der Waals surface area contributed by atoms with Crippen molar-refractivity contribution in [2.45, 2.75) is 12.2 Å². The molecular weight excluding hydrogens is 346 g/mol. The molecule has 0 saturated carbocycles. The average molecular weight is 358 g/mol. The molecule has 2 aromatic carbocycles. The van der Waals surface area contributed by atoms with Gasteiger partial charge in [-0.2, -0.15) is 0 Å². The number of benzene rings is 2.